The molecule has 0 atom stereocenters. The van der Waals surface area contributed by atoms with Gasteiger partial charge in [-0.05, 0) is 6.07 Å². The van der Waals surface area contributed by atoms with Crippen molar-refractivity contribution < 1.29 is 29.2 Å². The maximum atomic E-state index is 11.1. The standard InChI is InChI=1S/C10H9N3O7/c11-10(17)12-8(14)4-20-5-1-2-7(13(18)19)6(3-5)9(15)16/h1-3H,4H2,(H,15,16)(H3,11,12,14,17). The molecule has 0 fully saturated rings. The van der Waals surface area contributed by atoms with Gasteiger partial charge in [-0.1, -0.05) is 0 Å². The number of urea groups is 1. The van der Waals surface area contributed by atoms with Crippen LogP contribution in [0, 0.1) is 10.1 Å². The molecule has 4 N–H and O–H groups in total. The number of carbonyl (C=O) groups excluding carboxylic acids is 2. The Hall–Kier alpha value is -3.17. The number of benzene rings is 1. The first-order valence-electron chi connectivity index (χ1n) is 5.05. The fraction of sp³-hybridized carbons (Fsp3) is 0.100. The quantitative estimate of drug-likeness (QED) is 0.500. The summed E-state index contributed by atoms with van der Waals surface area (Å²) in [5.74, 6) is -2.43. The van der Waals surface area contributed by atoms with Gasteiger partial charge in [0.2, 0.25) is 0 Å². The highest BCUT2D eigenvalue weighted by Gasteiger charge is 2.20. The van der Waals surface area contributed by atoms with Gasteiger partial charge in [0.05, 0.1) is 4.92 Å². The number of imide groups is 1. The van der Waals surface area contributed by atoms with Gasteiger partial charge in [0.25, 0.3) is 11.6 Å². The van der Waals surface area contributed by atoms with Crippen molar-refractivity contribution in [2.45, 2.75) is 0 Å². The molecule has 0 radical (unpaired) electrons. The molecule has 3 amide bonds. The summed E-state index contributed by atoms with van der Waals surface area (Å²) in [5.41, 5.74) is 3.51. The second kappa shape index (κ2) is 6.13. The Balaban J connectivity index is 2.85. The Morgan fingerprint density at radius 2 is 2.05 bits per heavy atom. The molecule has 0 aliphatic carbocycles. The number of carboxylic acids is 1. The van der Waals surface area contributed by atoms with Gasteiger partial charge < -0.3 is 15.6 Å². The Morgan fingerprint density at radius 1 is 1.40 bits per heavy atom. The van der Waals surface area contributed by atoms with E-state index in [0.717, 1.165) is 18.2 Å². The van der Waals surface area contributed by atoms with Crippen molar-refractivity contribution in [1.82, 2.24) is 5.32 Å². The van der Waals surface area contributed by atoms with Gasteiger partial charge in [0, 0.05) is 12.1 Å². The summed E-state index contributed by atoms with van der Waals surface area (Å²) in [4.78, 5) is 42.0. The van der Waals surface area contributed by atoms with E-state index in [0.29, 0.717) is 0 Å². The third kappa shape index (κ3) is 3.94. The van der Waals surface area contributed by atoms with E-state index in [1.807, 2.05) is 0 Å². The molecule has 0 bridgehead atoms. The summed E-state index contributed by atoms with van der Waals surface area (Å²) < 4.78 is 4.89. The molecule has 10 nitrogen and oxygen atoms in total. The molecule has 0 spiro atoms. The first-order valence-corrected chi connectivity index (χ1v) is 5.05. The van der Waals surface area contributed by atoms with Gasteiger partial charge in [0.15, 0.2) is 6.61 Å². The van der Waals surface area contributed by atoms with Gasteiger partial charge in [-0.3, -0.25) is 20.2 Å². The van der Waals surface area contributed by atoms with Crippen molar-refractivity contribution in [3.8, 4) is 5.75 Å². The van der Waals surface area contributed by atoms with E-state index in [1.54, 1.807) is 5.32 Å². The van der Waals surface area contributed by atoms with Crippen molar-refractivity contribution in [1.29, 1.82) is 0 Å². The molecule has 1 aromatic carbocycles. The monoisotopic (exact) mass is 283 g/mol. The molecule has 0 unspecified atom stereocenters. The molecule has 0 saturated carbocycles. The summed E-state index contributed by atoms with van der Waals surface area (Å²) in [6, 6.07) is 1.90. The molecule has 1 rings (SSSR count). The normalized spacial score (nSPS) is 9.60. The van der Waals surface area contributed by atoms with E-state index in [4.69, 9.17) is 15.6 Å². The zero-order valence-electron chi connectivity index (χ0n) is 9.86. The predicted molar refractivity (Wildman–Crippen MR) is 63.3 cm³/mol. The number of hydrogen-bond donors (Lipinski definition) is 3. The van der Waals surface area contributed by atoms with Crippen molar-refractivity contribution in [3.63, 3.8) is 0 Å². The minimum atomic E-state index is -1.51. The second-order valence-electron chi connectivity index (χ2n) is 3.44. The molecule has 0 saturated heterocycles. The minimum absolute atomic E-state index is 0.0763. The Bertz CT molecular complexity index is 584. The zero-order valence-corrected chi connectivity index (χ0v) is 9.86. The number of primary amides is 1. The van der Waals surface area contributed by atoms with Crippen LogP contribution in [0.5, 0.6) is 5.75 Å². The van der Waals surface area contributed by atoms with Crippen molar-refractivity contribution in [2.24, 2.45) is 5.73 Å². The highest BCUT2D eigenvalue weighted by molar-refractivity contribution is 5.94. The first-order chi connectivity index (χ1) is 9.31. The molecular weight excluding hydrogens is 274 g/mol. The fourth-order valence-electron chi connectivity index (χ4n) is 1.26. The lowest BCUT2D eigenvalue weighted by Gasteiger charge is -2.06. The number of nitro benzene ring substituents is 1. The van der Waals surface area contributed by atoms with Crippen LogP contribution in [0.4, 0.5) is 10.5 Å². The van der Waals surface area contributed by atoms with Crippen LogP contribution in [-0.4, -0.2) is 34.5 Å². The third-order valence-corrected chi connectivity index (χ3v) is 2.03. The topological polar surface area (TPSA) is 162 Å². The lowest BCUT2D eigenvalue weighted by molar-refractivity contribution is -0.385. The van der Waals surface area contributed by atoms with E-state index in [1.165, 1.54) is 0 Å². The van der Waals surface area contributed by atoms with Gasteiger partial charge >= 0.3 is 12.0 Å². The highest BCUT2D eigenvalue weighted by Crippen LogP contribution is 2.24. The van der Waals surface area contributed by atoms with Gasteiger partial charge in [-0.25, -0.2) is 9.59 Å². The number of amides is 3. The Morgan fingerprint density at radius 3 is 2.55 bits per heavy atom. The van der Waals surface area contributed by atoms with Crippen LogP contribution in [0.25, 0.3) is 0 Å². The van der Waals surface area contributed by atoms with E-state index in [-0.39, 0.29) is 5.75 Å². The van der Waals surface area contributed by atoms with Crippen LogP contribution in [-0.2, 0) is 4.79 Å². The second-order valence-corrected chi connectivity index (χ2v) is 3.44. The van der Waals surface area contributed by atoms with E-state index in [2.05, 4.69) is 0 Å². The number of nitrogens with two attached hydrogens (primary N) is 1. The fourth-order valence-corrected chi connectivity index (χ4v) is 1.26. The zero-order chi connectivity index (χ0) is 15.3. The maximum absolute atomic E-state index is 11.1. The average molecular weight is 283 g/mol. The maximum Gasteiger partial charge on any atom is 0.342 e. The number of hydrogen-bond acceptors (Lipinski definition) is 6. The lowest BCUT2D eigenvalue weighted by atomic mass is 10.1. The van der Waals surface area contributed by atoms with Crippen molar-refractivity contribution >= 4 is 23.6 Å². The largest absolute Gasteiger partial charge is 0.484 e. The number of carboxylic acid groups (broad SMARTS) is 1. The number of nitrogens with one attached hydrogen (secondary N) is 1. The number of carbonyl (C=O) groups is 3. The smallest absolute Gasteiger partial charge is 0.342 e. The van der Waals surface area contributed by atoms with Crippen LogP contribution in [0.3, 0.4) is 0 Å². The Kier molecular flexibility index (Phi) is 4.56. The molecule has 0 aliphatic heterocycles. The minimum Gasteiger partial charge on any atom is -0.484 e. The van der Waals surface area contributed by atoms with E-state index >= 15 is 0 Å². The van der Waals surface area contributed by atoms with Crippen molar-refractivity contribution in [2.75, 3.05) is 6.61 Å². The number of ether oxygens (including phenoxy) is 1. The average Bonchev–Trinajstić information content (AvgIpc) is 2.35. The number of aromatic carboxylic acids is 1. The van der Waals surface area contributed by atoms with E-state index < -0.39 is 40.7 Å². The van der Waals surface area contributed by atoms with Crippen LogP contribution in [0.1, 0.15) is 10.4 Å². The number of rotatable bonds is 5. The molecule has 106 valence electrons. The van der Waals surface area contributed by atoms with Crippen LogP contribution in [0.2, 0.25) is 0 Å². The van der Waals surface area contributed by atoms with Crippen LogP contribution in [0.15, 0.2) is 18.2 Å². The molecule has 0 heterocycles. The number of nitrogens with zero attached hydrogens (tertiary/aromatic N) is 1. The number of nitro groups is 1. The summed E-state index contributed by atoms with van der Waals surface area (Å²) in [6.07, 6.45) is 0. The predicted octanol–water partition coefficient (Wildman–Crippen LogP) is -0.133. The van der Waals surface area contributed by atoms with Crippen LogP contribution < -0.4 is 15.8 Å². The molecule has 1 aromatic rings. The Labute approximate surface area is 111 Å². The highest BCUT2D eigenvalue weighted by atomic mass is 16.6. The summed E-state index contributed by atoms with van der Waals surface area (Å²) >= 11 is 0. The van der Waals surface area contributed by atoms with Gasteiger partial charge in [0.1, 0.15) is 11.3 Å². The molecule has 0 aliphatic rings. The SMILES string of the molecule is NC(=O)NC(=O)COc1ccc([N+](=O)[O-])c(C(=O)O)c1. The van der Waals surface area contributed by atoms with Crippen molar-refractivity contribution in [3.05, 3.63) is 33.9 Å². The van der Waals surface area contributed by atoms with Gasteiger partial charge in [-0.15, -0.1) is 0 Å². The van der Waals surface area contributed by atoms with Crippen LogP contribution >= 0.6 is 0 Å². The van der Waals surface area contributed by atoms with Gasteiger partial charge in [-0.2, -0.15) is 0 Å². The summed E-state index contributed by atoms with van der Waals surface area (Å²) in [6.45, 7) is -0.597. The molecular formula is C10H9N3O7. The van der Waals surface area contributed by atoms with E-state index in [9.17, 15) is 24.5 Å². The first kappa shape index (κ1) is 14.9. The third-order valence-electron chi connectivity index (χ3n) is 2.03. The molecule has 0 aromatic heterocycles. The summed E-state index contributed by atoms with van der Waals surface area (Å²) in [7, 11) is 0. The molecule has 10 heteroatoms. The lowest BCUT2D eigenvalue weighted by Crippen LogP contribution is -2.38. The molecule has 20 heavy (non-hydrogen) atoms. The summed E-state index contributed by atoms with van der Waals surface area (Å²) in [5, 5.41) is 21.2.